The normalized spacial score (nSPS) is 12.0. The summed E-state index contributed by atoms with van der Waals surface area (Å²) < 4.78 is 6.72. The first kappa shape index (κ1) is 21.5. The predicted molar refractivity (Wildman–Crippen MR) is 112 cm³/mol. The topological polar surface area (TPSA) is 0 Å². The number of hydrogen-bond acceptors (Lipinski definition) is 1. The molecule has 0 atom stereocenters. The zero-order valence-electron chi connectivity index (χ0n) is 16.3. The van der Waals surface area contributed by atoms with Gasteiger partial charge >= 0.3 is 155 Å². The Morgan fingerprint density at radius 1 is 0.739 bits per heavy atom. The van der Waals surface area contributed by atoms with Crippen LogP contribution in [0.5, 0.6) is 0 Å². The standard InChI is InChI=1S/C9H13S.3C4H9.Sn/c1-2-3-4-6-9-7-5-8-10-9;3*1-3-4-2;/h7-8H,2-4,6H2,1H3;3*1,3-4H2,2H3;. The van der Waals surface area contributed by atoms with Gasteiger partial charge in [-0.15, -0.1) is 0 Å². The first-order chi connectivity index (χ1) is 11.2. The van der Waals surface area contributed by atoms with E-state index in [1.165, 1.54) is 64.2 Å². The third kappa shape index (κ3) is 7.50. The maximum absolute atomic E-state index is 2.68. The molecule has 134 valence electrons. The van der Waals surface area contributed by atoms with Crippen molar-refractivity contribution in [3.05, 3.63) is 16.3 Å². The van der Waals surface area contributed by atoms with E-state index in [0.717, 1.165) is 0 Å². The van der Waals surface area contributed by atoms with Crippen molar-refractivity contribution in [2.75, 3.05) is 0 Å². The van der Waals surface area contributed by atoms with Gasteiger partial charge in [0.1, 0.15) is 0 Å². The van der Waals surface area contributed by atoms with E-state index in [1.54, 1.807) is 18.2 Å². The second-order valence-corrected chi connectivity index (χ2v) is 21.6. The van der Waals surface area contributed by atoms with Gasteiger partial charge in [-0.3, -0.25) is 0 Å². The zero-order valence-corrected chi connectivity index (χ0v) is 19.9. The third-order valence-corrected chi connectivity index (χ3v) is 22.5. The molecule has 1 rings (SSSR count). The van der Waals surface area contributed by atoms with Gasteiger partial charge in [-0.1, -0.05) is 0 Å². The summed E-state index contributed by atoms with van der Waals surface area (Å²) in [6, 6.07) is 2.68. The SMILES string of the molecule is CCCCCc1c[c]([Sn]([CH2]CCC)([CH2]CCC)[CH2]CCC)cs1. The summed E-state index contributed by atoms with van der Waals surface area (Å²) in [5.41, 5.74) is 0. The molecule has 0 aliphatic rings. The van der Waals surface area contributed by atoms with E-state index in [0.29, 0.717) is 0 Å². The molecule has 0 radical (unpaired) electrons. The molecule has 1 heterocycles. The Hall–Kier alpha value is 0.499. The van der Waals surface area contributed by atoms with Crippen LogP contribution >= 0.6 is 11.3 Å². The fourth-order valence-electron chi connectivity index (χ4n) is 3.69. The minimum absolute atomic E-state index is 1.33. The number of unbranched alkanes of at least 4 members (excludes halogenated alkanes) is 5. The van der Waals surface area contributed by atoms with E-state index < -0.39 is 18.4 Å². The maximum atomic E-state index is 2.68. The van der Waals surface area contributed by atoms with E-state index in [4.69, 9.17) is 0 Å². The molecule has 2 heteroatoms. The molecule has 0 bridgehead atoms. The number of thiophene rings is 1. The van der Waals surface area contributed by atoms with Gasteiger partial charge in [-0.25, -0.2) is 0 Å². The van der Waals surface area contributed by atoms with E-state index in [2.05, 4.69) is 50.5 Å². The molecule has 0 spiro atoms. The van der Waals surface area contributed by atoms with Crippen LogP contribution in [0.1, 0.15) is 90.4 Å². The Balaban J connectivity index is 2.89. The Morgan fingerprint density at radius 3 is 1.74 bits per heavy atom. The molecule has 0 aliphatic carbocycles. The number of rotatable bonds is 14. The fourth-order valence-corrected chi connectivity index (χ4v) is 22.5. The molecule has 0 fully saturated rings. The molecule has 1 aromatic rings. The van der Waals surface area contributed by atoms with Crippen molar-refractivity contribution < 1.29 is 0 Å². The van der Waals surface area contributed by atoms with Crippen molar-refractivity contribution in [1.82, 2.24) is 0 Å². The molecule has 1 aromatic heterocycles. The molecule has 0 aliphatic heterocycles. The van der Waals surface area contributed by atoms with Crippen molar-refractivity contribution >= 4 is 33.3 Å². The van der Waals surface area contributed by atoms with Crippen LogP contribution in [0, 0.1) is 0 Å². The summed E-state index contributed by atoms with van der Waals surface area (Å²) in [5.74, 6) is 0. The Labute approximate surface area is 154 Å². The van der Waals surface area contributed by atoms with Gasteiger partial charge in [0.2, 0.25) is 0 Å². The van der Waals surface area contributed by atoms with Gasteiger partial charge in [-0.2, -0.15) is 0 Å². The summed E-state index contributed by atoms with van der Waals surface area (Å²) in [5, 5.41) is 2.61. The van der Waals surface area contributed by atoms with Crippen LogP contribution < -0.4 is 3.58 Å². The summed E-state index contributed by atoms with van der Waals surface area (Å²) in [6.45, 7) is 9.43. The average Bonchev–Trinajstić information content (AvgIpc) is 3.04. The van der Waals surface area contributed by atoms with E-state index >= 15 is 0 Å². The quantitative estimate of drug-likeness (QED) is 0.206. The van der Waals surface area contributed by atoms with Crippen LogP contribution in [0.4, 0.5) is 0 Å². The molecule has 0 N–H and O–H groups in total. The van der Waals surface area contributed by atoms with Crippen LogP contribution in [0.15, 0.2) is 11.4 Å². The Bertz CT molecular complexity index is 375. The monoisotopic (exact) mass is 444 g/mol. The van der Waals surface area contributed by atoms with Gasteiger partial charge in [0.25, 0.3) is 0 Å². The summed E-state index contributed by atoms with van der Waals surface area (Å²) in [6.07, 6.45) is 14.0. The first-order valence-electron chi connectivity index (χ1n) is 10.3. The molecular formula is C21H40SSn. The molecular weight excluding hydrogens is 403 g/mol. The van der Waals surface area contributed by atoms with E-state index in [1.807, 2.05) is 3.58 Å². The fraction of sp³-hybridized carbons (Fsp3) is 0.810. The average molecular weight is 443 g/mol. The van der Waals surface area contributed by atoms with Crippen LogP contribution in [0.2, 0.25) is 13.3 Å². The van der Waals surface area contributed by atoms with Gasteiger partial charge in [0, 0.05) is 0 Å². The van der Waals surface area contributed by atoms with E-state index in [-0.39, 0.29) is 0 Å². The zero-order chi connectivity index (χ0) is 17.0. The van der Waals surface area contributed by atoms with Gasteiger partial charge in [0.15, 0.2) is 0 Å². The van der Waals surface area contributed by atoms with Gasteiger partial charge in [0.05, 0.1) is 0 Å². The second-order valence-electron chi connectivity index (χ2n) is 7.35. The number of hydrogen-bond donors (Lipinski definition) is 0. The minimum atomic E-state index is -2.13. The Morgan fingerprint density at radius 2 is 1.26 bits per heavy atom. The van der Waals surface area contributed by atoms with Crippen LogP contribution in [0.3, 0.4) is 0 Å². The van der Waals surface area contributed by atoms with Gasteiger partial charge < -0.3 is 0 Å². The van der Waals surface area contributed by atoms with Crippen molar-refractivity contribution in [3.8, 4) is 0 Å². The molecule has 0 nitrogen and oxygen atoms in total. The number of aryl methyl sites for hydroxylation is 1. The summed E-state index contributed by atoms with van der Waals surface area (Å²) >= 11 is -0.0541. The predicted octanol–water partition coefficient (Wildman–Crippen LogP) is 7.54. The van der Waals surface area contributed by atoms with Crippen molar-refractivity contribution in [1.29, 1.82) is 0 Å². The molecule has 0 saturated heterocycles. The molecule has 0 aromatic carbocycles. The van der Waals surface area contributed by atoms with Crippen molar-refractivity contribution in [2.24, 2.45) is 0 Å². The second kappa shape index (κ2) is 12.8. The van der Waals surface area contributed by atoms with E-state index in [9.17, 15) is 0 Å². The molecule has 0 amide bonds. The Kier molecular flexibility index (Phi) is 12.0. The summed E-state index contributed by atoms with van der Waals surface area (Å²) in [4.78, 5) is 1.68. The first-order valence-corrected chi connectivity index (χ1v) is 18.7. The molecule has 0 saturated carbocycles. The third-order valence-electron chi connectivity index (χ3n) is 5.32. The summed E-state index contributed by atoms with van der Waals surface area (Å²) in [7, 11) is 0. The molecule has 23 heavy (non-hydrogen) atoms. The van der Waals surface area contributed by atoms with Crippen LogP contribution in [-0.4, -0.2) is 18.4 Å². The van der Waals surface area contributed by atoms with Crippen LogP contribution in [0.25, 0.3) is 0 Å². The van der Waals surface area contributed by atoms with Gasteiger partial charge in [-0.05, 0) is 0 Å². The van der Waals surface area contributed by atoms with Crippen molar-refractivity contribution in [3.63, 3.8) is 0 Å². The molecule has 0 unspecified atom stereocenters. The van der Waals surface area contributed by atoms with Crippen LogP contribution in [-0.2, 0) is 6.42 Å². The van der Waals surface area contributed by atoms with Crippen molar-refractivity contribution in [2.45, 2.75) is 105 Å².